The van der Waals surface area contributed by atoms with Crippen LogP contribution in [-0.4, -0.2) is 96.7 Å². The van der Waals surface area contributed by atoms with E-state index in [9.17, 15) is 43.2 Å². The fourth-order valence-electron chi connectivity index (χ4n) is 11.6. The van der Waals surface area contributed by atoms with Crippen LogP contribution < -0.4 is 0 Å². The van der Waals surface area contributed by atoms with E-state index in [2.05, 4.69) is 72.8 Å². The van der Waals surface area contributed by atoms with Gasteiger partial charge in [-0.25, -0.2) is 9.13 Å². The monoisotopic (exact) mass is 1430 g/mol. The molecule has 3 N–H and O–H groups in total. The molecule has 98 heavy (non-hydrogen) atoms. The molecular formula is C79H150O17P2. The summed E-state index contributed by atoms with van der Waals surface area (Å²) in [6, 6.07) is 0. The van der Waals surface area contributed by atoms with Crippen LogP contribution in [0.15, 0.2) is 24.3 Å². The fourth-order valence-corrected chi connectivity index (χ4v) is 13.2. The van der Waals surface area contributed by atoms with Gasteiger partial charge in [0.15, 0.2) is 12.2 Å². The molecule has 0 radical (unpaired) electrons. The SMILES string of the molecule is CCCCCC/C=C\C=C/CCCCCCCC(=O)O[C@H](COC(=O)CCCCCCCCCCCCCCCCC(C)C)COP(=O)(O)OCC(O)COP(=O)(O)OC[C@@H](COC(=O)CCCCCCCCC(C)C)OC(=O)CCCCCCCCCCCCCCCCC(C)C. The molecule has 5 atom stereocenters. The molecule has 0 aromatic rings. The average Bonchev–Trinajstić information content (AvgIpc) is 0.930. The van der Waals surface area contributed by atoms with Crippen LogP contribution in [-0.2, 0) is 65.4 Å². The van der Waals surface area contributed by atoms with E-state index >= 15 is 0 Å². The first-order valence-corrected chi connectivity index (χ1v) is 43.2. The van der Waals surface area contributed by atoms with E-state index in [1.807, 2.05) is 0 Å². The lowest BCUT2D eigenvalue weighted by atomic mass is 10.0. The Morgan fingerprint density at radius 2 is 0.551 bits per heavy atom. The van der Waals surface area contributed by atoms with Crippen molar-refractivity contribution in [1.29, 1.82) is 0 Å². The first kappa shape index (κ1) is 95.5. The number of aliphatic hydroxyl groups excluding tert-OH is 1. The lowest BCUT2D eigenvalue weighted by Gasteiger charge is -2.21. The predicted octanol–water partition coefficient (Wildman–Crippen LogP) is 22.9. The summed E-state index contributed by atoms with van der Waals surface area (Å²) in [5.74, 6) is 0.123. The van der Waals surface area contributed by atoms with Crippen LogP contribution in [0, 0.1) is 17.8 Å². The number of phosphoric acid groups is 2. The molecule has 0 aliphatic rings. The maximum absolute atomic E-state index is 13.1. The second-order valence-electron chi connectivity index (χ2n) is 29.2. The van der Waals surface area contributed by atoms with Crippen LogP contribution in [0.25, 0.3) is 0 Å². The number of carbonyl (C=O) groups excluding carboxylic acids is 4. The van der Waals surface area contributed by atoms with Gasteiger partial charge in [0.2, 0.25) is 0 Å². The van der Waals surface area contributed by atoms with Crippen LogP contribution in [0.3, 0.4) is 0 Å². The summed E-state index contributed by atoms with van der Waals surface area (Å²) in [4.78, 5) is 72.9. The lowest BCUT2D eigenvalue weighted by Crippen LogP contribution is -2.30. The molecule has 0 saturated heterocycles. The van der Waals surface area contributed by atoms with Crippen molar-refractivity contribution in [2.24, 2.45) is 17.8 Å². The van der Waals surface area contributed by atoms with Crippen molar-refractivity contribution in [2.45, 2.75) is 401 Å². The van der Waals surface area contributed by atoms with Crippen LogP contribution in [0.1, 0.15) is 382 Å². The van der Waals surface area contributed by atoms with Crippen molar-refractivity contribution >= 4 is 39.5 Å². The molecule has 0 bridgehead atoms. The molecule has 0 aliphatic heterocycles. The summed E-state index contributed by atoms with van der Waals surface area (Å²) in [6.45, 7) is 11.8. The highest BCUT2D eigenvalue weighted by Gasteiger charge is 2.30. The van der Waals surface area contributed by atoms with Crippen molar-refractivity contribution < 1.29 is 80.2 Å². The number of ether oxygens (including phenoxy) is 4. The number of carbonyl (C=O) groups is 4. The molecule has 0 rings (SSSR count). The van der Waals surface area contributed by atoms with Crippen LogP contribution in [0.4, 0.5) is 0 Å². The molecule has 0 aliphatic carbocycles. The van der Waals surface area contributed by atoms with E-state index in [0.717, 1.165) is 121 Å². The first-order valence-electron chi connectivity index (χ1n) is 40.2. The van der Waals surface area contributed by atoms with E-state index in [0.29, 0.717) is 31.6 Å². The van der Waals surface area contributed by atoms with Crippen molar-refractivity contribution in [3.8, 4) is 0 Å². The number of aliphatic hydroxyl groups is 1. The molecule has 19 heteroatoms. The Morgan fingerprint density at radius 3 is 0.827 bits per heavy atom. The number of rotatable bonds is 75. The van der Waals surface area contributed by atoms with E-state index in [4.69, 9.17) is 37.0 Å². The highest BCUT2D eigenvalue weighted by molar-refractivity contribution is 7.47. The zero-order valence-corrected chi connectivity index (χ0v) is 65.5. The number of unbranched alkanes of at least 4 members (excludes halogenated alkanes) is 40. The minimum atomic E-state index is -4.97. The Labute approximate surface area is 599 Å². The van der Waals surface area contributed by atoms with Gasteiger partial charge in [-0.3, -0.25) is 37.3 Å². The topological polar surface area (TPSA) is 237 Å². The molecule has 0 amide bonds. The Bertz CT molecular complexity index is 2000. The number of phosphoric ester groups is 2. The quantitative estimate of drug-likeness (QED) is 0.0169. The molecule has 0 fully saturated rings. The maximum Gasteiger partial charge on any atom is 0.472 e. The van der Waals surface area contributed by atoms with E-state index in [1.54, 1.807) is 0 Å². The van der Waals surface area contributed by atoms with Gasteiger partial charge in [0.1, 0.15) is 19.3 Å². The molecule has 0 saturated carbocycles. The molecule has 0 spiro atoms. The van der Waals surface area contributed by atoms with Gasteiger partial charge in [-0.2, -0.15) is 0 Å². The van der Waals surface area contributed by atoms with Gasteiger partial charge in [0.25, 0.3) is 0 Å². The van der Waals surface area contributed by atoms with Crippen LogP contribution >= 0.6 is 15.6 Å². The van der Waals surface area contributed by atoms with E-state index in [-0.39, 0.29) is 25.7 Å². The minimum Gasteiger partial charge on any atom is -0.462 e. The van der Waals surface area contributed by atoms with Crippen molar-refractivity contribution in [1.82, 2.24) is 0 Å². The summed E-state index contributed by atoms with van der Waals surface area (Å²) in [5, 5.41) is 10.6. The number of hydrogen-bond acceptors (Lipinski definition) is 15. The number of hydrogen-bond donors (Lipinski definition) is 3. The number of allylic oxidation sites excluding steroid dienone is 4. The number of esters is 4. The third-order valence-corrected chi connectivity index (χ3v) is 19.7. The van der Waals surface area contributed by atoms with Crippen LogP contribution in [0.2, 0.25) is 0 Å². The van der Waals surface area contributed by atoms with E-state index in [1.165, 1.54) is 173 Å². The molecule has 3 unspecified atom stereocenters. The molecule has 17 nitrogen and oxygen atoms in total. The normalized spacial score (nSPS) is 14.2. The smallest absolute Gasteiger partial charge is 0.462 e. The first-order chi connectivity index (χ1) is 47.2. The Balaban J connectivity index is 5.26. The molecule has 0 aromatic carbocycles. The third kappa shape index (κ3) is 71.9. The Morgan fingerprint density at radius 1 is 0.316 bits per heavy atom. The standard InChI is InChI=1S/C79H150O17P2/c1-8-9-10-11-12-13-14-15-16-24-29-34-39-48-55-62-78(83)95-74(66-89-76(81)60-53-46-38-33-28-23-19-17-21-26-31-36-43-50-57-70(2)3)68-93-97(85,86)91-64-73(80)65-92-98(87,88)94-69-75(67-90-77(82)61-54-47-42-41-45-52-59-72(6)7)96-79(84)63-56-49-40-35-30-25-20-18-22-27-32-37-44-51-58-71(4)5/h13-16,70-75,80H,8-12,17-69H2,1-7H3,(H,85,86)(H,87,88)/b14-13-,16-15-/t73?,74-,75-/m1/s1. The van der Waals surface area contributed by atoms with Gasteiger partial charge in [-0.15, -0.1) is 0 Å². The van der Waals surface area contributed by atoms with Gasteiger partial charge < -0.3 is 33.8 Å². The summed E-state index contributed by atoms with van der Waals surface area (Å²) in [7, 11) is -9.93. The molecule has 578 valence electrons. The van der Waals surface area contributed by atoms with E-state index < -0.39 is 97.5 Å². The average molecular weight is 1430 g/mol. The second-order valence-corrected chi connectivity index (χ2v) is 32.1. The van der Waals surface area contributed by atoms with Gasteiger partial charge in [-0.05, 0) is 69.1 Å². The summed E-state index contributed by atoms with van der Waals surface area (Å²) >= 11 is 0. The lowest BCUT2D eigenvalue weighted by molar-refractivity contribution is -0.161. The van der Waals surface area contributed by atoms with Gasteiger partial charge >= 0.3 is 39.5 Å². The highest BCUT2D eigenvalue weighted by Crippen LogP contribution is 2.45. The van der Waals surface area contributed by atoms with Crippen LogP contribution in [0.5, 0.6) is 0 Å². The Kier molecular flexibility index (Phi) is 67.2. The van der Waals surface area contributed by atoms with Gasteiger partial charge in [-0.1, -0.05) is 330 Å². The fraction of sp³-hybridized carbons (Fsp3) is 0.899. The van der Waals surface area contributed by atoms with Crippen molar-refractivity contribution in [2.75, 3.05) is 39.6 Å². The third-order valence-electron chi connectivity index (χ3n) is 17.8. The molecular weight excluding hydrogens is 1280 g/mol. The minimum absolute atomic E-state index is 0.0849. The van der Waals surface area contributed by atoms with Gasteiger partial charge in [0, 0.05) is 25.7 Å². The second kappa shape index (κ2) is 68.9. The predicted molar refractivity (Wildman–Crippen MR) is 400 cm³/mol. The largest absolute Gasteiger partial charge is 0.472 e. The van der Waals surface area contributed by atoms with Gasteiger partial charge in [0.05, 0.1) is 26.4 Å². The van der Waals surface area contributed by atoms with Crippen molar-refractivity contribution in [3.63, 3.8) is 0 Å². The summed E-state index contributed by atoms with van der Waals surface area (Å²) < 4.78 is 68.6. The zero-order chi connectivity index (χ0) is 72.3. The highest BCUT2D eigenvalue weighted by atomic mass is 31.2. The summed E-state index contributed by atoms with van der Waals surface area (Å²) in [5.41, 5.74) is 0. The molecule has 0 heterocycles. The Hall–Kier alpha value is -2.46. The molecule has 0 aromatic heterocycles. The summed E-state index contributed by atoms with van der Waals surface area (Å²) in [6.07, 6.45) is 59.2. The zero-order valence-electron chi connectivity index (χ0n) is 63.7. The van der Waals surface area contributed by atoms with Crippen molar-refractivity contribution in [3.05, 3.63) is 24.3 Å². The maximum atomic E-state index is 13.1.